The smallest absolute Gasteiger partial charge is 0.237 e. The van der Waals surface area contributed by atoms with Gasteiger partial charge in [-0.15, -0.1) is 0 Å². The van der Waals surface area contributed by atoms with Gasteiger partial charge in [-0.25, -0.2) is 8.42 Å². The van der Waals surface area contributed by atoms with E-state index >= 15 is 0 Å². The summed E-state index contributed by atoms with van der Waals surface area (Å²) in [6.07, 6.45) is 6.55. The number of rotatable bonds is 4. The predicted molar refractivity (Wildman–Crippen MR) is 72.2 cm³/mol. The van der Waals surface area contributed by atoms with Crippen molar-refractivity contribution in [3.8, 4) is 0 Å². The highest BCUT2D eigenvalue weighted by Gasteiger charge is 2.21. The molecule has 0 aromatic rings. The minimum Gasteiger partial charge on any atom is -0.351 e. The first-order valence-electron chi connectivity index (χ1n) is 6.60. The van der Waals surface area contributed by atoms with E-state index in [0.717, 1.165) is 25.8 Å². The summed E-state index contributed by atoms with van der Waals surface area (Å²) in [6.45, 7) is 2.58. The lowest BCUT2D eigenvalue weighted by atomic mass is 10.0. The van der Waals surface area contributed by atoms with Crippen molar-refractivity contribution in [3.63, 3.8) is 0 Å². The molecule has 2 N–H and O–H groups in total. The Bertz CT molecular complexity index is 360. The molecular weight excluding hydrogens is 252 g/mol. The van der Waals surface area contributed by atoms with Gasteiger partial charge in [0.15, 0.2) is 0 Å². The lowest BCUT2D eigenvalue weighted by Crippen LogP contribution is -2.49. The molecule has 1 rings (SSSR count). The lowest BCUT2D eigenvalue weighted by molar-refractivity contribution is -0.123. The van der Waals surface area contributed by atoms with Crippen LogP contribution in [0.1, 0.15) is 39.0 Å². The molecule has 0 bridgehead atoms. The van der Waals surface area contributed by atoms with Crippen LogP contribution in [0.5, 0.6) is 0 Å². The predicted octanol–water partition coefficient (Wildman–Crippen LogP) is 0.458. The molecule has 18 heavy (non-hydrogen) atoms. The second-order valence-electron chi connectivity index (χ2n) is 5.21. The molecule has 6 heteroatoms. The first-order chi connectivity index (χ1) is 8.38. The summed E-state index contributed by atoms with van der Waals surface area (Å²) in [7, 11) is -3.05. The quantitative estimate of drug-likeness (QED) is 0.782. The molecule has 0 saturated carbocycles. The molecule has 1 aliphatic rings. The third-order valence-electron chi connectivity index (χ3n) is 3.07. The van der Waals surface area contributed by atoms with Crippen LogP contribution in [0.25, 0.3) is 0 Å². The van der Waals surface area contributed by atoms with E-state index in [1.165, 1.54) is 19.1 Å². The Morgan fingerprint density at radius 2 is 2.00 bits per heavy atom. The minimum absolute atomic E-state index is 0.00847. The molecule has 0 aliphatic carbocycles. The van der Waals surface area contributed by atoms with Crippen molar-refractivity contribution in [2.24, 2.45) is 0 Å². The molecule has 1 heterocycles. The third kappa shape index (κ3) is 6.35. The Labute approximate surface area is 110 Å². The summed E-state index contributed by atoms with van der Waals surface area (Å²) >= 11 is 0. The maximum atomic E-state index is 12.0. The number of hydrogen-bond donors (Lipinski definition) is 2. The van der Waals surface area contributed by atoms with Crippen molar-refractivity contribution >= 4 is 15.7 Å². The largest absolute Gasteiger partial charge is 0.351 e. The average Bonchev–Trinajstić information content (AvgIpc) is 2.12. The van der Waals surface area contributed by atoms with Crippen LogP contribution in [0.15, 0.2) is 0 Å². The van der Waals surface area contributed by atoms with E-state index in [1.807, 2.05) is 0 Å². The first-order valence-corrected chi connectivity index (χ1v) is 8.66. The Hall–Kier alpha value is -0.620. The fraction of sp³-hybridized carbons (Fsp3) is 0.917. The second kappa shape index (κ2) is 7.09. The molecule has 1 amide bonds. The zero-order chi connectivity index (χ0) is 13.6. The summed E-state index contributed by atoms with van der Waals surface area (Å²) in [5.74, 6) is -0.0844. The molecule has 2 atom stereocenters. The highest BCUT2D eigenvalue weighted by Crippen LogP contribution is 2.09. The van der Waals surface area contributed by atoms with E-state index in [-0.39, 0.29) is 23.7 Å². The van der Waals surface area contributed by atoms with Gasteiger partial charge in [0.1, 0.15) is 9.84 Å². The number of sulfone groups is 1. The molecule has 106 valence electrons. The molecule has 0 aromatic carbocycles. The molecule has 0 aromatic heterocycles. The van der Waals surface area contributed by atoms with E-state index in [9.17, 15) is 13.2 Å². The maximum absolute atomic E-state index is 12.0. The SMILES string of the molecule is CC(CS(C)(=O)=O)NC(=O)C1CCCCCCN1. The molecule has 1 fully saturated rings. The topological polar surface area (TPSA) is 75.3 Å². The van der Waals surface area contributed by atoms with Crippen LogP contribution in [0.3, 0.4) is 0 Å². The van der Waals surface area contributed by atoms with Crippen molar-refractivity contribution in [2.75, 3.05) is 18.6 Å². The monoisotopic (exact) mass is 276 g/mol. The minimum atomic E-state index is -3.05. The number of hydrogen-bond acceptors (Lipinski definition) is 4. The van der Waals surface area contributed by atoms with Gasteiger partial charge < -0.3 is 10.6 Å². The summed E-state index contributed by atoms with van der Waals surface area (Å²) in [4.78, 5) is 12.0. The van der Waals surface area contributed by atoms with Crippen LogP contribution in [0.2, 0.25) is 0 Å². The van der Waals surface area contributed by atoms with Crippen molar-refractivity contribution in [1.29, 1.82) is 0 Å². The Balaban J connectivity index is 2.42. The Kier molecular flexibility index (Phi) is 6.08. The Morgan fingerprint density at radius 3 is 2.67 bits per heavy atom. The highest BCUT2D eigenvalue weighted by molar-refractivity contribution is 7.90. The van der Waals surface area contributed by atoms with Gasteiger partial charge in [-0.3, -0.25) is 4.79 Å². The average molecular weight is 276 g/mol. The second-order valence-corrected chi connectivity index (χ2v) is 7.40. The van der Waals surface area contributed by atoms with Crippen molar-refractivity contribution in [1.82, 2.24) is 10.6 Å². The fourth-order valence-corrected chi connectivity index (χ4v) is 3.26. The highest BCUT2D eigenvalue weighted by atomic mass is 32.2. The van der Waals surface area contributed by atoms with Gasteiger partial charge in [-0.05, 0) is 26.3 Å². The molecule has 0 radical (unpaired) electrons. The normalized spacial score (nSPS) is 23.8. The van der Waals surface area contributed by atoms with Crippen LogP contribution in [-0.2, 0) is 14.6 Å². The number of nitrogens with one attached hydrogen (secondary N) is 2. The lowest BCUT2D eigenvalue weighted by Gasteiger charge is -2.22. The van der Waals surface area contributed by atoms with Gasteiger partial charge in [-0.2, -0.15) is 0 Å². The number of amides is 1. The van der Waals surface area contributed by atoms with Crippen LogP contribution < -0.4 is 10.6 Å². The van der Waals surface area contributed by atoms with Crippen molar-refractivity contribution in [3.05, 3.63) is 0 Å². The van der Waals surface area contributed by atoms with Crippen molar-refractivity contribution < 1.29 is 13.2 Å². The first kappa shape index (κ1) is 15.4. The van der Waals surface area contributed by atoms with Crippen LogP contribution in [-0.4, -0.2) is 45.0 Å². The van der Waals surface area contributed by atoms with Gasteiger partial charge in [0.2, 0.25) is 5.91 Å². The van der Waals surface area contributed by atoms with E-state index in [0.29, 0.717) is 0 Å². The van der Waals surface area contributed by atoms with E-state index < -0.39 is 9.84 Å². The van der Waals surface area contributed by atoms with E-state index in [4.69, 9.17) is 0 Å². The molecule has 0 spiro atoms. The van der Waals surface area contributed by atoms with Crippen LogP contribution >= 0.6 is 0 Å². The summed E-state index contributed by atoms with van der Waals surface area (Å²) in [5, 5.41) is 6.00. The van der Waals surface area contributed by atoms with Gasteiger partial charge in [0.05, 0.1) is 11.8 Å². The fourth-order valence-electron chi connectivity index (χ4n) is 2.27. The summed E-state index contributed by atoms with van der Waals surface area (Å²) in [5.41, 5.74) is 0. The van der Waals surface area contributed by atoms with E-state index in [1.54, 1.807) is 6.92 Å². The number of carbonyl (C=O) groups excluding carboxylic acids is 1. The molecule has 1 aliphatic heterocycles. The van der Waals surface area contributed by atoms with E-state index in [2.05, 4.69) is 10.6 Å². The maximum Gasteiger partial charge on any atom is 0.237 e. The van der Waals surface area contributed by atoms with Gasteiger partial charge in [-0.1, -0.05) is 19.3 Å². The standard InChI is InChI=1S/C12H24N2O3S/c1-10(9-18(2,16)17)14-12(15)11-7-5-3-4-6-8-13-11/h10-11,13H,3-9H2,1-2H3,(H,14,15). The van der Waals surface area contributed by atoms with Crippen LogP contribution in [0, 0.1) is 0 Å². The zero-order valence-corrected chi connectivity index (χ0v) is 12.1. The van der Waals surface area contributed by atoms with Gasteiger partial charge in [0, 0.05) is 12.3 Å². The van der Waals surface area contributed by atoms with Crippen molar-refractivity contribution in [2.45, 2.75) is 51.1 Å². The molecule has 5 nitrogen and oxygen atoms in total. The van der Waals surface area contributed by atoms with Gasteiger partial charge >= 0.3 is 0 Å². The third-order valence-corrected chi connectivity index (χ3v) is 4.17. The summed E-state index contributed by atoms with van der Waals surface area (Å²) in [6, 6.07) is -0.507. The summed E-state index contributed by atoms with van der Waals surface area (Å²) < 4.78 is 22.3. The van der Waals surface area contributed by atoms with Gasteiger partial charge in [0.25, 0.3) is 0 Å². The molecule has 2 unspecified atom stereocenters. The Morgan fingerprint density at radius 1 is 1.33 bits per heavy atom. The molecular formula is C12H24N2O3S. The van der Waals surface area contributed by atoms with Crippen LogP contribution in [0.4, 0.5) is 0 Å². The zero-order valence-electron chi connectivity index (χ0n) is 11.2. The molecule has 1 saturated heterocycles. The number of carbonyl (C=O) groups is 1.